The molecule has 0 aliphatic rings. The van der Waals surface area contributed by atoms with E-state index in [-0.39, 0.29) is 24.0 Å². The zero-order chi connectivity index (χ0) is 14.9. The average molecular weight is 434 g/mol. The molecule has 0 spiro atoms. The number of aromatic nitrogens is 3. The van der Waals surface area contributed by atoms with Crippen molar-refractivity contribution in [3.05, 3.63) is 34.5 Å². The van der Waals surface area contributed by atoms with E-state index in [4.69, 9.17) is 0 Å². The van der Waals surface area contributed by atoms with E-state index in [1.165, 1.54) is 10.4 Å². The molecular weight excluding hydrogens is 411 g/mol. The molecule has 22 heavy (non-hydrogen) atoms. The lowest BCUT2D eigenvalue weighted by atomic mass is 10.3. The van der Waals surface area contributed by atoms with Crippen LogP contribution in [0.2, 0.25) is 0 Å². The lowest BCUT2D eigenvalue weighted by Crippen LogP contribution is -2.37. The van der Waals surface area contributed by atoms with Gasteiger partial charge in [0.1, 0.15) is 12.7 Å². The standard InChI is InChI=1S/C14H22N6S.HI/c1-12-5-8-21-13(12)9-17-14(15-2)16-6-3-4-7-20-10-18-19-11-20;/h5,8,10-11H,3-4,6-7,9H2,1-2H3,(H2,15,16,17);1H. The normalized spacial score (nSPS) is 11.1. The molecule has 0 unspecified atom stereocenters. The molecule has 0 saturated heterocycles. The molecule has 0 amide bonds. The van der Waals surface area contributed by atoms with Crippen molar-refractivity contribution in [2.24, 2.45) is 4.99 Å². The van der Waals surface area contributed by atoms with Gasteiger partial charge in [-0.05, 0) is 36.8 Å². The minimum Gasteiger partial charge on any atom is -0.356 e. The summed E-state index contributed by atoms with van der Waals surface area (Å²) in [5, 5.41) is 16.4. The lowest BCUT2D eigenvalue weighted by Gasteiger charge is -2.11. The highest BCUT2D eigenvalue weighted by molar-refractivity contribution is 14.0. The van der Waals surface area contributed by atoms with E-state index in [0.29, 0.717) is 0 Å². The maximum atomic E-state index is 4.24. The van der Waals surface area contributed by atoms with Gasteiger partial charge in [-0.3, -0.25) is 4.99 Å². The van der Waals surface area contributed by atoms with Crippen molar-refractivity contribution in [3.8, 4) is 0 Å². The Hall–Kier alpha value is -1.16. The monoisotopic (exact) mass is 434 g/mol. The Morgan fingerprint density at radius 2 is 2.05 bits per heavy atom. The second-order valence-electron chi connectivity index (χ2n) is 4.79. The van der Waals surface area contributed by atoms with Gasteiger partial charge in [-0.25, -0.2) is 0 Å². The number of nitrogens with one attached hydrogen (secondary N) is 2. The van der Waals surface area contributed by atoms with Crippen LogP contribution in [0.1, 0.15) is 23.3 Å². The van der Waals surface area contributed by atoms with E-state index in [1.807, 2.05) is 4.57 Å². The average Bonchev–Trinajstić information content (AvgIpc) is 3.14. The molecule has 0 fully saturated rings. The number of aryl methyl sites for hydroxylation is 2. The first-order chi connectivity index (χ1) is 10.3. The Balaban J connectivity index is 0.00000242. The summed E-state index contributed by atoms with van der Waals surface area (Å²) in [6, 6.07) is 2.14. The summed E-state index contributed by atoms with van der Waals surface area (Å²) < 4.78 is 1.99. The van der Waals surface area contributed by atoms with Crippen LogP contribution in [0.5, 0.6) is 0 Å². The van der Waals surface area contributed by atoms with Crippen molar-refractivity contribution >= 4 is 41.3 Å². The van der Waals surface area contributed by atoms with Crippen molar-refractivity contribution in [1.82, 2.24) is 25.4 Å². The van der Waals surface area contributed by atoms with Crippen LogP contribution in [-0.2, 0) is 13.1 Å². The van der Waals surface area contributed by atoms with E-state index in [9.17, 15) is 0 Å². The second kappa shape index (κ2) is 10.5. The topological polar surface area (TPSA) is 67.1 Å². The molecule has 0 bridgehead atoms. The first-order valence-electron chi connectivity index (χ1n) is 7.09. The zero-order valence-electron chi connectivity index (χ0n) is 13.0. The Morgan fingerprint density at radius 1 is 1.27 bits per heavy atom. The first-order valence-corrected chi connectivity index (χ1v) is 7.97. The molecule has 0 aromatic carbocycles. The number of hydrogen-bond acceptors (Lipinski definition) is 4. The molecule has 2 N–H and O–H groups in total. The highest BCUT2D eigenvalue weighted by atomic mass is 127. The van der Waals surface area contributed by atoms with Crippen molar-refractivity contribution in [2.75, 3.05) is 13.6 Å². The van der Waals surface area contributed by atoms with Crippen LogP contribution in [0.25, 0.3) is 0 Å². The minimum atomic E-state index is 0. The van der Waals surface area contributed by atoms with Crippen molar-refractivity contribution in [1.29, 1.82) is 0 Å². The smallest absolute Gasteiger partial charge is 0.191 e. The minimum absolute atomic E-state index is 0. The summed E-state index contributed by atoms with van der Waals surface area (Å²) in [5.41, 5.74) is 1.33. The fourth-order valence-electron chi connectivity index (χ4n) is 1.93. The summed E-state index contributed by atoms with van der Waals surface area (Å²) in [4.78, 5) is 5.59. The number of aliphatic imine (C=N–C) groups is 1. The van der Waals surface area contributed by atoms with Gasteiger partial charge in [0.15, 0.2) is 5.96 Å². The predicted molar refractivity (Wildman–Crippen MR) is 102 cm³/mol. The predicted octanol–water partition coefficient (Wildman–Crippen LogP) is 2.41. The second-order valence-corrected chi connectivity index (χ2v) is 5.79. The molecule has 2 aromatic heterocycles. The molecule has 0 radical (unpaired) electrons. The fraction of sp³-hybridized carbons (Fsp3) is 0.500. The van der Waals surface area contributed by atoms with Crippen molar-refractivity contribution < 1.29 is 0 Å². The zero-order valence-corrected chi connectivity index (χ0v) is 16.1. The van der Waals surface area contributed by atoms with Crippen molar-refractivity contribution in [2.45, 2.75) is 32.9 Å². The van der Waals surface area contributed by atoms with Crippen LogP contribution < -0.4 is 10.6 Å². The van der Waals surface area contributed by atoms with E-state index in [2.05, 4.69) is 44.2 Å². The van der Waals surface area contributed by atoms with Gasteiger partial charge < -0.3 is 15.2 Å². The number of thiophene rings is 1. The summed E-state index contributed by atoms with van der Waals surface area (Å²) in [6.07, 6.45) is 5.66. The van der Waals surface area contributed by atoms with Crippen LogP contribution in [-0.4, -0.2) is 34.3 Å². The largest absolute Gasteiger partial charge is 0.356 e. The molecule has 6 nitrogen and oxygen atoms in total. The van der Waals surface area contributed by atoms with E-state index >= 15 is 0 Å². The number of guanidine groups is 1. The van der Waals surface area contributed by atoms with E-state index in [1.54, 1.807) is 31.0 Å². The summed E-state index contributed by atoms with van der Waals surface area (Å²) in [6.45, 7) is 4.82. The van der Waals surface area contributed by atoms with E-state index in [0.717, 1.165) is 38.4 Å². The third-order valence-corrected chi connectivity index (χ3v) is 4.23. The van der Waals surface area contributed by atoms with Crippen LogP contribution >= 0.6 is 35.3 Å². The molecular formula is C14H23IN6S. The summed E-state index contributed by atoms with van der Waals surface area (Å²) in [7, 11) is 1.80. The molecule has 0 atom stereocenters. The van der Waals surface area contributed by atoms with Gasteiger partial charge in [0, 0.05) is 25.0 Å². The Morgan fingerprint density at radius 3 is 2.68 bits per heavy atom. The molecule has 2 heterocycles. The Labute approximate surface area is 152 Å². The molecule has 0 aliphatic heterocycles. The maximum Gasteiger partial charge on any atom is 0.191 e. The highest BCUT2D eigenvalue weighted by Crippen LogP contribution is 2.14. The van der Waals surface area contributed by atoms with Gasteiger partial charge in [-0.1, -0.05) is 0 Å². The lowest BCUT2D eigenvalue weighted by molar-refractivity contribution is 0.598. The van der Waals surface area contributed by atoms with Crippen LogP contribution in [0.4, 0.5) is 0 Å². The third-order valence-electron chi connectivity index (χ3n) is 3.21. The maximum absolute atomic E-state index is 4.24. The number of rotatable bonds is 7. The molecule has 2 rings (SSSR count). The SMILES string of the molecule is CN=C(NCCCCn1cnnc1)NCc1sccc1C.I. The summed E-state index contributed by atoms with van der Waals surface area (Å²) in [5.74, 6) is 0.854. The summed E-state index contributed by atoms with van der Waals surface area (Å²) >= 11 is 1.77. The first kappa shape index (κ1) is 18.9. The number of unbranched alkanes of at least 4 members (excludes halogenated alkanes) is 1. The van der Waals surface area contributed by atoms with Gasteiger partial charge in [0.2, 0.25) is 0 Å². The van der Waals surface area contributed by atoms with Crippen LogP contribution in [0, 0.1) is 6.92 Å². The quantitative estimate of drug-likeness (QED) is 0.304. The van der Waals surface area contributed by atoms with Crippen LogP contribution in [0.3, 0.4) is 0 Å². The van der Waals surface area contributed by atoms with Crippen LogP contribution in [0.15, 0.2) is 29.1 Å². The molecule has 0 saturated carbocycles. The van der Waals surface area contributed by atoms with Crippen molar-refractivity contribution in [3.63, 3.8) is 0 Å². The van der Waals surface area contributed by atoms with Gasteiger partial charge in [0.25, 0.3) is 0 Å². The third kappa shape index (κ3) is 6.30. The van der Waals surface area contributed by atoms with Gasteiger partial charge in [-0.15, -0.1) is 45.5 Å². The molecule has 8 heteroatoms. The van der Waals surface area contributed by atoms with E-state index < -0.39 is 0 Å². The molecule has 2 aromatic rings. The fourth-order valence-corrected chi connectivity index (χ4v) is 2.78. The number of hydrogen-bond donors (Lipinski definition) is 2. The molecule has 122 valence electrons. The Kier molecular flexibility index (Phi) is 9.05. The Bertz CT molecular complexity index is 551. The van der Waals surface area contributed by atoms with Gasteiger partial charge in [0.05, 0.1) is 6.54 Å². The van der Waals surface area contributed by atoms with Gasteiger partial charge >= 0.3 is 0 Å². The molecule has 0 aliphatic carbocycles. The number of nitrogens with zero attached hydrogens (tertiary/aromatic N) is 4. The number of halogens is 1. The van der Waals surface area contributed by atoms with Gasteiger partial charge in [-0.2, -0.15) is 0 Å². The highest BCUT2D eigenvalue weighted by Gasteiger charge is 2.01.